The van der Waals surface area contributed by atoms with E-state index in [2.05, 4.69) is 9.47 Å². The molecule has 21 heavy (non-hydrogen) atoms. The van der Waals surface area contributed by atoms with Gasteiger partial charge in [-0.05, 0) is 0 Å². The third-order valence-corrected chi connectivity index (χ3v) is 1.05. The van der Waals surface area contributed by atoms with E-state index in [1.807, 2.05) is 0 Å². The van der Waals surface area contributed by atoms with E-state index >= 15 is 0 Å². The molecule has 0 heterocycles. The van der Waals surface area contributed by atoms with Crippen molar-refractivity contribution in [2.24, 2.45) is 0 Å². The molecule has 0 aromatic heterocycles. The number of carbonyl (C=O) groups excluding carboxylic acids is 4. The first-order valence-electron chi connectivity index (χ1n) is 3.70. The van der Waals surface area contributed by atoms with Crippen molar-refractivity contribution < 1.29 is 48.5 Å². The standard InChI is InChI=1S/C7H4O10.4Na.4H/c8-2(16-6(14)4(10)11)1-3(9)17-7(15)5(12)13;;;;;;;;/h1H2,(H,10,11)(H,12,13);;;;;;;;. The zero-order valence-corrected chi connectivity index (χ0v) is 7.87. The van der Waals surface area contributed by atoms with Gasteiger partial charge in [-0.25, -0.2) is 19.2 Å². The number of aliphatic carboxylic acids is 2. The summed E-state index contributed by atoms with van der Waals surface area (Å²) in [7, 11) is 0. The van der Waals surface area contributed by atoms with Crippen LogP contribution in [0.15, 0.2) is 0 Å². The van der Waals surface area contributed by atoms with E-state index in [1.54, 1.807) is 0 Å². The van der Waals surface area contributed by atoms with Crippen LogP contribution in [-0.2, 0) is 38.2 Å². The number of hydrogen-bond donors (Lipinski definition) is 2. The Morgan fingerprint density at radius 1 is 0.619 bits per heavy atom. The summed E-state index contributed by atoms with van der Waals surface area (Å²) < 4.78 is 7.18. The Morgan fingerprint density at radius 2 is 0.857 bits per heavy atom. The van der Waals surface area contributed by atoms with Crippen LogP contribution in [0.3, 0.4) is 0 Å². The first-order chi connectivity index (χ1) is 7.73. The second kappa shape index (κ2) is 17.6. The molecule has 0 spiro atoms. The Kier molecular flexibility index (Phi) is 28.2. The van der Waals surface area contributed by atoms with Crippen LogP contribution in [0.2, 0.25) is 0 Å². The van der Waals surface area contributed by atoms with Gasteiger partial charge in [0.2, 0.25) is 0 Å². The van der Waals surface area contributed by atoms with Crippen LogP contribution in [0.1, 0.15) is 6.42 Å². The van der Waals surface area contributed by atoms with Crippen LogP contribution < -0.4 is 0 Å². The van der Waals surface area contributed by atoms with Gasteiger partial charge in [0, 0.05) is 0 Å². The molecule has 0 rings (SSSR count). The van der Waals surface area contributed by atoms with Gasteiger partial charge in [-0.2, -0.15) is 0 Å². The molecule has 0 aliphatic rings. The molecule has 0 unspecified atom stereocenters. The van der Waals surface area contributed by atoms with E-state index in [9.17, 15) is 28.8 Å². The van der Waals surface area contributed by atoms with Crippen molar-refractivity contribution in [1.82, 2.24) is 0 Å². The molecule has 0 amide bonds. The Morgan fingerprint density at radius 3 is 1.05 bits per heavy atom. The number of carbonyl (C=O) groups is 6. The molecule has 14 heteroatoms. The third kappa shape index (κ3) is 17.4. The van der Waals surface area contributed by atoms with Gasteiger partial charge in [0.1, 0.15) is 6.42 Å². The predicted molar refractivity (Wildman–Crippen MR) is 70.7 cm³/mol. The number of rotatable bonds is 2. The molecule has 0 aromatic rings. The van der Waals surface area contributed by atoms with Crippen molar-refractivity contribution in [3.05, 3.63) is 0 Å². The van der Waals surface area contributed by atoms with Gasteiger partial charge >= 0.3 is 154 Å². The van der Waals surface area contributed by atoms with Gasteiger partial charge < -0.3 is 19.7 Å². The molecule has 100 valence electrons. The number of carboxylic acid groups (broad SMARTS) is 2. The van der Waals surface area contributed by atoms with Crippen LogP contribution >= 0.6 is 0 Å². The Bertz CT molecular complexity index is 382. The SMILES string of the molecule is O=C(CC(=O)OC(=O)C(=O)O)OC(=O)C(=O)O.[NaH].[NaH].[NaH].[NaH]. The zero-order chi connectivity index (χ0) is 13.6. The normalized spacial score (nSPS) is 7.24. The summed E-state index contributed by atoms with van der Waals surface area (Å²) in [5, 5.41) is 16.0. The molecule has 0 saturated heterocycles. The fourth-order valence-corrected chi connectivity index (χ4v) is 0.484. The number of ether oxygens (including phenoxy) is 2. The van der Waals surface area contributed by atoms with Crippen molar-refractivity contribution in [2.75, 3.05) is 0 Å². The summed E-state index contributed by atoms with van der Waals surface area (Å²) >= 11 is 0. The molecule has 10 nitrogen and oxygen atoms in total. The minimum absolute atomic E-state index is 0. The summed E-state index contributed by atoms with van der Waals surface area (Å²) in [4.78, 5) is 61.8. The van der Waals surface area contributed by atoms with Crippen LogP contribution in [0.5, 0.6) is 0 Å². The monoisotopic (exact) mass is 344 g/mol. The van der Waals surface area contributed by atoms with E-state index < -0.39 is 42.2 Å². The molecule has 0 radical (unpaired) electrons. The van der Waals surface area contributed by atoms with E-state index in [1.165, 1.54) is 0 Å². The minimum atomic E-state index is -2.06. The van der Waals surface area contributed by atoms with Gasteiger partial charge in [-0.3, -0.25) is 9.59 Å². The maximum atomic E-state index is 10.7. The second-order valence-electron chi connectivity index (χ2n) is 2.31. The van der Waals surface area contributed by atoms with E-state index in [-0.39, 0.29) is 118 Å². The van der Waals surface area contributed by atoms with Gasteiger partial charge in [-0.15, -0.1) is 0 Å². The molecular formula is C7H8Na4O10. The fourth-order valence-electron chi connectivity index (χ4n) is 0.484. The fraction of sp³-hybridized carbons (Fsp3) is 0.143. The number of hydrogen-bond acceptors (Lipinski definition) is 8. The van der Waals surface area contributed by atoms with Crippen LogP contribution in [0.25, 0.3) is 0 Å². The average Bonchev–Trinajstić information content (AvgIpc) is 2.16. The summed E-state index contributed by atoms with van der Waals surface area (Å²) in [5.74, 6) is -11.2. The number of carboxylic acids is 2. The second-order valence-corrected chi connectivity index (χ2v) is 2.31. The molecule has 0 aromatic carbocycles. The summed E-state index contributed by atoms with van der Waals surface area (Å²) in [5.41, 5.74) is 0. The summed E-state index contributed by atoms with van der Waals surface area (Å²) in [6.07, 6.45) is -1.28. The first kappa shape index (κ1) is 33.7. The Labute approximate surface area is 205 Å². The molecule has 2 N–H and O–H groups in total. The van der Waals surface area contributed by atoms with Crippen molar-refractivity contribution in [1.29, 1.82) is 0 Å². The molecule has 0 fully saturated rings. The third-order valence-electron chi connectivity index (χ3n) is 1.05. The molecular weight excluding hydrogens is 336 g/mol. The van der Waals surface area contributed by atoms with Crippen molar-refractivity contribution >= 4 is 154 Å². The van der Waals surface area contributed by atoms with Crippen molar-refractivity contribution in [3.8, 4) is 0 Å². The van der Waals surface area contributed by atoms with Gasteiger partial charge in [0.15, 0.2) is 0 Å². The van der Waals surface area contributed by atoms with Gasteiger partial charge in [-0.1, -0.05) is 0 Å². The molecule has 0 bridgehead atoms. The van der Waals surface area contributed by atoms with Crippen molar-refractivity contribution in [3.63, 3.8) is 0 Å². The maximum absolute atomic E-state index is 10.7. The Balaban J connectivity index is -0.000000213. The zero-order valence-electron chi connectivity index (χ0n) is 7.87. The molecule has 0 saturated carbocycles. The first-order valence-corrected chi connectivity index (χ1v) is 3.70. The van der Waals surface area contributed by atoms with Crippen LogP contribution in [0, 0.1) is 0 Å². The predicted octanol–water partition coefficient (Wildman–Crippen LogP) is -4.91. The Hall–Kier alpha value is 1.22. The van der Waals surface area contributed by atoms with Crippen LogP contribution in [0.4, 0.5) is 0 Å². The van der Waals surface area contributed by atoms with Gasteiger partial charge in [0.25, 0.3) is 0 Å². The topological polar surface area (TPSA) is 161 Å². The van der Waals surface area contributed by atoms with Crippen molar-refractivity contribution in [2.45, 2.75) is 6.42 Å². The van der Waals surface area contributed by atoms with E-state index in [0.717, 1.165) is 0 Å². The summed E-state index contributed by atoms with van der Waals surface area (Å²) in [6.45, 7) is 0. The quantitative estimate of drug-likeness (QED) is 0.215. The van der Waals surface area contributed by atoms with Gasteiger partial charge in [0.05, 0.1) is 0 Å². The average molecular weight is 344 g/mol. The van der Waals surface area contributed by atoms with Crippen LogP contribution in [-0.4, -0.2) is 164 Å². The molecule has 0 aliphatic heterocycles. The number of esters is 4. The van der Waals surface area contributed by atoms with E-state index in [4.69, 9.17) is 10.2 Å². The summed E-state index contributed by atoms with van der Waals surface area (Å²) in [6, 6.07) is 0. The molecule has 0 atom stereocenters. The van der Waals surface area contributed by atoms with E-state index in [0.29, 0.717) is 0 Å². The molecule has 0 aliphatic carbocycles.